The summed E-state index contributed by atoms with van der Waals surface area (Å²) in [6.45, 7) is 0. The van der Waals surface area contributed by atoms with E-state index < -0.39 is 0 Å². The van der Waals surface area contributed by atoms with Crippen molar-refractivity contribution in [3.05, 3.63) is 48.8 Å². The minimum Gasteiger partial charge on any atom is -0.189 e. The van der Waals surface area contributed by atoms with E-state index in [-0.39, 0.29) is 0 Å². The van der Waals surface area contributed by atoms with Gasteiger partial charge in [-0.1, -0.05) is 30.3 Å². The Bertz CT molecular complexity index is 586. The Morgan fingerprint density at radius 2 is 1.87 bits per heavy atom. The Labute approximate surface area is 86.2 Å². The van der Waals surface area contributed by atoms with Crippen molar-refractivity contribution in [2.45, 2.75) is 0 Å². The third-order valence-corrected chi connectivity index (χ3v) is 2.18. The smallest absolute Gasteiger partial charge is 0.189 e. The van der Waals surface area contributed by atoms with Crippen LogP contribution in [0.15, 0.2) is 42.5 Å². The molecule has 0 spiro atoms. The molecule has 15 heavy (non-hydrogen) atoms. The van der Waals surface area contributed by atoms with Crippen LogP contribution in [0.5, 0.6) is 0 Å². The molecular formula is C11H7N4. The first-order valence-electron chi connectivity index (χ1n) is 4.59. The summed E-state index contributed by atoms with van der Waals surface area (Å²) in [7, 11) is 0. The van der Waals surface area contributed by atoms with Gasteiger partial charge in [0.25, 0.3) is 0 Å². The minimum atomic E-state index is 0.703. The molecular weight excluding hydrogens is 188 g/mol. The number of aromatic nitrogens is 4. The molecule has 3 aromatic rings. The fourth-order valence-corrected chi connectivity index (χ4v) is 1.44. The number of benzene rings is 1. The highest BCUT2D eigenvalue weighted by atomic mass is 15.3. The molecule has 3 rings (SSSR count). The molecule has 1 aromatic carbocycles. The van der Waals surface area contributed by atoms with Crippen LogP contribution in [0.3, 0.4) is 0 Å². The second-order valence-electron chi connectivity index (χ2n) is 3.15. The van der Waals surface area contributed by atoms with E-state index in [2.05, 4.69) is 21.6 Å². The predicted octanol–water partition coefficient (Wildman–Crippen LogP) is 1.59. The van der Waals surface area contributed by atoms with Crippen molar-refractivity contribution < 1.29 is 0 Å². The predicted molar refractivity (Wildman–Crippen MR) is 55.1 cm³/mol. The summed E-state index contributed by atoms with van der Waals surface area (Å²) in [5.41, 5.74) is 2.66. The van der Waals surface area contributed by atoms with Crippen LogP contribution >= 0.6 is 0 Å². The van der Waals surface area contributed by atoms with Gasteiger partial charge in [-0.15, -0.1) is 10.2 Å². The first kappa shape index (κ1) is 8.11. The second kappa shape index (κ2) is 3.16. The molecule has 0 N–H and O–H groups in total. The summed E-state index contributed by atoms with van der Waals surface area (Å²) in [5.74, 6) is 0. The van der Waals surface area contributed by atoms with Gasteiger partial charge in [0.15, 0.2) is 5.65 Å². The van der Waals surface area contributed by atoms with Gasteiger partial charge in [0.05, 0.1) is 5.69 Å². The summed E-state index contributed by atoms with van der Waals surface area (Å²) in [6.07, 6.45) is 2.67. The third-order valence-electron chi connectivity index (χ3n) is 2.18. The van der Waals surface area contributed by atoms with Crippen molar-refractivity contribution in [1.82, 2.24) is 19.8 Å². The van der Waals surface area contributed by atoms with E-state index in [9.17, 15) is 0 Å². The van der Waals surface area contributed by atoms with Gasteiger partial charge < -0.3 is 0 Å². The molecule has 0 bridgehead atoms. The average Bonchev–Trinajstić information content (AvgIpc) is 2.77. The highest BCUT2D eigenvalue weighted by Crippen LogP contribution is 2.15. The van der Waals surface area contributed by atoms with Gasteiger partial charge in [-0.25, -0.2) is 0 Å². The SMILES string of the molecule is [c]1nnc2ccc(-c3ccccc3)nn12. The maximum absolute atomic E-state index is 4.34. The van der Waals surface area contributed by atoms with E-state index in [0.29, 0.717) is 5.65 Å². The van der Waals surface area contributed by atoms with Crippen LogP contribution in [0.1, 0.15) is 0 Å². The number of hydrogen-bond acceptors (Lipinski definition) is 3. The van der Waals surface area contributed by atoms with Crippen LogP contribution < -0.4 is 0 Å². The van der Waals surface area contributed by atoms with Crippen molar-refractivity contribution in [3.63, 3.8) is 0 Å². The first-order chi connectivity index (χ1) is 7.43. The molecule has 0 unspecified atom stereocenters. The molecule has 1 radical (unpaired) electrons. The summed E-state index contributed by atoms with van der Waals surface area (Å²) in [5, 5.41) is 11.9. The van der Waals surface area contributed by atoms with Crippen molar-refractivity contribution in [2.24, 2.45) is 0 Å². The van der Waals surface area contributed by atoms with Crippen LogP contribution in [0.4, 0.5) is 0 Å². The van der Waals surface area contributed by atoms with E-state index >= 15 is 0 Å². The lowest BCUT2D eigenvalue weighted by Crippen LogP contribution is -1.92. The van der Waals surface area contributed by atoms with E-state index in [1.54, 1.807) is 4.52 Å². The molecule has 0 aliphatic rings. The maximum Gasteiger partial charge on any atom is 0.224 e. The Kier molecular flexibility index (Phi) is 1.71. The molecule has 2 heterocycles. The third kappa shape index (κ3) is 1.36. The zero-order chi connectivity index (χ0) is 10.1. The van der Waals surface area contributed by atoms with Gasteiger partial charge in [0, 0.05) is 5.56 Å². The minimum absolute atomic E-state index is 0.703. The Balaban J connectivity index is 2.19. The van der Waals surface area contributed by atoms with Crippen LogP contribution in [-0.4, -0.2) is 19.8 Å². The normalized spacial score (nSPS) is 10.7. The van der Waals surface area contributed by atoms with E-state index in [4.69, 9.17) is 0 Å². The van der Waals surface area contributed by atoms with Crippen LogP contribution in [-0.2, 0) is 0 Å². The second-order valence-corrected chi connectivity index (χ2v) is 3.15. The molecule has 0 saturated carbocycles. The topological polar surface area (TPSA) is 43.1 Å². The zero-order valence-electron chi connectivity index (χ0n) is 7.83. The molecule has 0 aliphatic heterocycles. The first-order valence-corrected chi connectivity index (χ1v) is 4.59. The van der Waals surface area contributed by atoms with Crippen molar-refractivity contribution in [3.8, 4) is 11.3 Å². The fraction of sp³-hybridized carbons (Fsp3) is 0. The summed E-state index contributed by atoms with van der Waals surface area (Å²) in [4.78, 5) is 0. The molecule has 4 heteroatoms. The number of hydrogen-bond donors (Lipinski definition) is 0. The lowest BCUT2D eigenvalue weighted by atomic mass is 10.1. The van der Waals surface area contributed by atoms with Crippen molar-refractivity contribution >= 4 is 5.65 Å². The lowest BCUT2D eigenvalue weighted by Gasteiger charge is -1.99. The highest BCUT2D eigenvalue weighted by Gasteiger charge is 2.01. The summed E-state index contributed by atoms with van der Waals surface area (Å²) < 4.78 is 1.54. The van der Waals surface area contributed by atoms with E-state index in [0.717, 1.165) is 11.3 Å². The Hall–Kier alpha value is -2.23. The molecule has 0 fully saturated rings. The summed E-state index contributed by atoms with van der Waals surface area (Å²) >= 11 is 0. The zero-order valence-corrected chi connectivity index (χ0v) is 7.83. The van der Waals surface area contributed by atoms with Crippen LogP contribution in [0.25, 0.3) is 16.9 Å². The number of fused-ring (bicyclic) bond motifs is 1. The molecule has 0 aliphatic carbocycles. The van der Waals surface area contributed by atoms with Crippen LogP contribution in [0, 0.1) is 6.33 Å². The molecule has 0 saturated heterocycles. The lowest BCUT2D eigenvalue weighted by molar-refractivity contribution is 0.923. The highest BCUT2D eigenvalue weighted by molar-refractivity contribution is 5.59. The molecule has 2 aromatic heterocycles. The quantitative estimate of drug-likeness (QED) is 0.592. The Morgan fingerprint density at radius 3 is 2.73 bits per heavy atom. The van der Waals surface area contributed by atoms with Gasteiger partial charge in [-0.3, -0.25) is 0 Å². The number of rotatable bonds is 1. The Morgan fingerprint density at radius 1 is 1.00 bits per heavy atom. The number of nitrogens with zero attached hydrogens (tertiary/aromatic N) is 4. The van der Waals surface area contributed by atoms with Gasteiger partial charge in [-0.2, -0.15) is 9.61 Å². The molecule has 0 amide bonds. The van der Waals surface area contributed by atoms with Crippen LogP contribution in [0.2, 0.25) is 0 Å². The van der Waals surface area contributed by atoms with E-state index in [1.165, 1.54) is 0 Å². The van der Waals surface area contributed by atoms with Gasteiger partial charge in [0.2, 0.25) is 6.33 Å². The monoisotopic (exact) mass is 195 g/mol. The molecule has 71 valence electrons. The molecule has 0 atom stereocenters. The summed E-state index contributed by atoms with van der Waals surface area (Å²) in [6, 6.07) is 13.8. The standard InChI is InChI=1S/C11H7N4/c1-2-4-9(5-3-1)10-6-7-11-13-12-8-15(11)14-10/h1-7H. The van der Waals surface area contributed by atoms with Gasteiger partial charge in [-0.05, 0) is 12.1 Å². The van der Waals surface area contributed by atoms with Crippen molar-refractivity contribution in [2.75, 3.05) is 0 Å². The maximum atomic E-state index is 4.34. The average molecular weight is 195 g/mol. The van der Waals surface area contributed by atoms with Gasteiger partial charge >= 0.3 is 0 Å². The molecule has 4 nitrogen and oxygen atoms in total. The fourth-order valence-electron chi connectivity index (χ4n) is 1.44. The van der Waals surface area contributed by atoms with Gasteiger partial charge in [0.1, 0.15) is 0 Å². The largest absolute Gasteiger partial charge is 0.224 e. The van der Waals surface area contributed by atoms with E-state index in [1.807, 2.05) is 42.5 Å². The van der Waals surface area contributed by atoms with Crippen molar-refractivity contribution in [1.29, 1.82) is 0 Å².